The molecule has 0 aromatic carbocycles. The molecule has 1 rings (SSSR count). The maximum Gasteiger partial charge on any atom is 0.325 e. The zero-order chi connectivity index (χ0) is 13.8. The van der Waals surface area contributed by atoms with Crippen LogP contribution in [0.5, 0.6) is 0 Å². The monoisotopic (exact) mass is 256 g/mol. The Morgan fingerprint density at radius 3 is 2.44 bits per heavy atom. The molecule has 0 aromatic heterocycles. The van der Waals surface area contributed by atoms with Crippen molar-refractivity contribution in [3.63, 3.8) is 0 Å². The van der Waals surface area contributed by atoms with Gasteiger partial charge in [-0.15, -0.1) is 0 Å². The quantitative estimate of drug-likeness (QED) is 0.541. The van der Waals surface area contributed by atoms with Crippen LogP contribution in [-0.2, 0) is 19.1 Å². The van der Waals surface area contributed by atoms with E-state index in [0.29, 0.717) is 19.4 Å². The third-order valence-electron chi connectivity index (χ3n) is 2.97. The van der Waals surface area contributed by atoms with Crippen LogP contribution in [0.4, 0.5) is 0 Å². The van der Waals surface area contributed by atoms with Crippen molar-refractivity contribution in [2.75, 3.05) is 13.2 Å². The van der Waals surface area contributed by atoms with Crippen molar-refractivity contribution in [3.8, 4) is 0 Å². The molecular weight excluding hydrogens is 236 g/mol. The van der Waals surface area contributed by atoms with Crippen molar-refractivity contribution in [2.45, 2.75) is 45.1 Å². The molecule has 102 valence electrons. The molecule has 2 N–H and O–H groups in total. The first-order valence-electron chi connectivity index (χ1n) is 6.18. The first-order chi connectivity index (χ1) is 8.38. The number of hydrogen-bond donors (Lipinski definition) is 1. The summed E-state index contributed by atoms with van der Waals surface area (Å²) in [4.78, 5) is 35.5. The molecule has 0 bridgehead atoms. The minimum atomic E-state index is -1.07. The lowest BCUT2D eigenvalue weighted by Gasteiger charge is -2.23. The Kier molecular flexibility index (Phi) is 4.84. The molecule has 18 heavy (non-hydrogen) atoms. The second-order valence-electron chi connectivity index (χ2n) is 4.68. The molecule has 0 aliphatic carbocycles. The van der Waals surface area contributed by atoms with E-state index in [1.165, 1.54) is 4.90 Å². The summed E-state index contributed by atoms with van der Waals surface area (Å²) in [6.45, 7) is 3.92. The van der Waals surface area contributed by atoms with Crippen LogP contribution in [-0.4, -0.2) is 41.4 Å². The van der Waals surface area contributed by atoms with Gasteiger partial charge in [0, 0.05) is 19.4 Å². The van der Waals surface area contributed by atoms with Gasteiger partial charge < -0.3 is 10.5 Å². The standard InChI is InChI=1S/C12H20N2O4/c1-3-18-11(17)12(2,13)7-4-8-14-9(15)5-6-10(14)16/h3-8,13H2,1-2H3. The van der Waals surface area contributed by atoms with Crippen LogP contribution in [0.2, 0.25) is 0 Å². The largest absolute Gasteiger partial charge is 0.465 e. The average molecular weight is 256 g/mol. The molecule has 1 fully saturated rings. The van der Waals surface area contributed by atoms with Gasteiger partial charge >= 0.3 is 5.97 Å². The highest BCUT2D eigenvalue weighted by Gasteiger charge is 2.32. The van der Waals surface area contributed by atoms with Crippen LogP contribution in [0, 0.1) is 0 Å². The van der Waals surface area contributed by atoms with E-state index in [4.69, 9.17) is 10.5 Å². The fourth-order valence-electron chi connectivity index (χ4n) is 1.87. The molecule has 6 heteroatoms. The van der Waals surface area contributed by atoms with Crippen molar-refractivity contribution in [2.24, 2.45) is 5.73 Å². The summed E-state index contributed by atoms with van der Waals surface area (Å²) in [6, 6.07) is 0. The molecule has 0 radical (unpaired) electrons. The fraction of sp³-hybridized carbons (Fsp3) is 0.750. The Hall–Kier alpha value is -1.43. The molecule has 0 saturated carbocycles. The van der Waals surface area contributed by atoms with Crippen LogP contribution in [0.15, 0.2) is 0 Å². The van der Waals surface area contributed by atoms with Crippen LogP contribution in [0.25, 0.3) is 0 Å². The van der Waals surface area contributed by atoms with Gasteiger partial charge in [0.15, 0.2) is 0 Å². The Balaban J connectivity index is 2.39. The number of amides is 2. The number of imide groups is 1. The number of rotatable bonds is 6. The molecule has 0 aromatic rings. The zero-order valence-corrected chi connectivity index (χ0v) is 10.9. The molecule has 1 aliphatic rings. The smallest absolute Gasteiger partial charge is 0.325 e. The molecular formula is C12H20N2O4. The molecule has 1 saturated heterocycles. The molecule has 1 aliphatic heterocycles. The number of esters is 1. The zero-order valence-electron chi connectivity index (χ0n) is 10.9. The van der Waals surface area contributed by atoms with E-state index >= 15 is 0 Å². The first kappa shape index (κ1) is 14.6. The highest BCUT2D eigenvalue weighted by molar-refractivity contribution is 6.01. The number of likely N-dealkylation sites (tertiary alicyclic amines) is 1. The molecule has 2 amide bonds. The lowest BCUT2D eigenvalue weighted by molar-refractivity contribution is -0.149. The summed E-state index contributed by atoms with van der Waals surface area (Å²) in [5, 5.41) is 0. The minimum Gasteiger partial charge on any atom is -0.465 e. The fourth-order valence-corrected chi connectivity index (χ4v) is 1.87. The summed E-state index contributed by atoms with van der Waals surface area (Å²) in [7, 11) is 0. The van der Waals surface area contributed by atoms with Crippen LogP contribution in [0.1, 0.15) is 39.5 Å². The van der Waals surface area contributed by atoms with Crippen molar-refractivity contribution >= 4 is 17.8 Å². The number of nitrogens with two attached hydrogens (primary N) is 1. The SMILES string of the molecule is CCOC(=O)C(C)(N)CCCN1C(=O)CCC1=O. The van der Waals surface area contributed by atoms with E-state index in [0.717, 1.165) is 0 Å². The predicted molar refractivity (Wildman–Crippen MR) is 64.4 cm³/mol. The summed E-state index contributed by atoms with van der Waals surface area (Å²) in [6.07, 6.45) is 1.46. The molecule has 1 heterocycles. The van der Waals surface area contributed by atoms with E-state index in [-0.39, 0.29) is 31.3 Å². The van der Waals surface area contributed by atoms with Gasteiger partial charge in [-0.1, -0.05) is 0 Å². The van der Waals surface area contributed by atoms with E-state index in [2.05, 4.69) is 0 Å². The maximum atomic E-state index is 11.5. The second-order valence-corrected chi connectivity index (χ2v) is 4.68. The topological polar surface area (TPSA) is 89.7 Å². The summed E-state index contributed by atoms with van der Waals surface area (Å²) < 4.78 is 4.86. The highest BCUT2D eigenvalue weighted by atomic mass is 16.5. The van der Waals surface area contributed by atoms with Crippen molar-refractivity contribution in [1.29, 1.82) is 0 Å². The predicted octanol–water partition coefficient (Wildman–Crippen LogP) is 0.196. The van der Waals surface area contributed by atoms with Gasteiger partial charge in [-0.05, 0) is 26.7 Å². The van der Waals surface area contributed by atoms with Gasteiger partial charge in [-0.25, -0.2) is 0 Å². The minimum absolute atomic E-state index is 0.144. The molecule has 6 nitrogen and oxygen atoms in total. The molecule has 1 unspecified atom stereocenters. The summed E-state index contributed by atoms with van der Waals surface area (Å²) in [5.74, 6) is -0.742. The van der Waals surface area contributed by atoms with Crippen molar-refractivity contribution < 1.29 is 19.1 Å². The lowest BCUT2D eigenvalue weighted by Crippen LogP contribution is -2.46. The van der Waals surface area contributed by atoms with Crippen LogP contribution < -0.4 is 5.73 Å². The van der Waals surface area contributed by atoms with Crippen LogP contribution in [0.3, 0.4) is 0 Å². The average Bonchev–Trinajstić information content (AvgIpc) is 2.60. The number of carbonyl (C=O) groups excluding carboxylic acids is 3. The lowest BCUT2D eigenvalue weighted by atomic mass is 9.97. The van der Waals surface area contributed by atoms with Crippen molar-refractivity contribution in [1.82, 2.24) is 4.90 Å². The van der Waals surface area contributed by atoms with Gasteiger partial charge in [-0.2, -0.15) is 0 Å². The number of nitrogens with zero attached hydrogens (tertiary/aromatic N) is 1. The summed E-state index contributed by atoms with van der Waals surface area (Å²) in [5.41, 5.74) is 4.77. The van der Waals surface area contributed by atoms with Crippen LogP contribution >= 0.6 is 0 Å². The van der Waals surface area contributed by atoms with Gasteiger partial charge in [0.25, 0.3) is 0 Å². The second kappa shape index (κ2) is 5.95. The van der Waals surface area contributed by atoms with E-state index in [1.807, 2.05) is 0 Å². The number of carbonyl (C=O) groups is 3. The van der Waals surface area contributed by atoms with Crippen molar-refractivity contribution in [3.05, 3.63) is 0 Å². The van der Waals surface area contributed by atoms with E-state index in [1.54, 1.807) is 13.8 Å². The van der Waals surface area contributed by atoms with E-state index in [9.17, 15) is 14.4 Å². The van der Waals surface area contributed by atoms with Gasteiger partial charge in [0.2, 0.25) is 11.8 Å². The number of hydrogen-bond acceptors (Lipinski definition) is 5. The van der Waals surface area contributed by atoms with Gasteiger partial charge in [0.05, 0.1) is 6.61 Å². The Labute approximate surface area is 106 Å². The Bertz CT molecular complexity index is 336. The number of ether oxygens (including phenoxy) is 1. The molecule has 1 atom stereocenters. The van der Waals surface area contributed by atoms with Gasteiger partial charge in [0.1, 0.15) is 5.54 Å². The maximum absolute atomic E-state index is 11.5. The molecule has 0 spiro atoms. The Morgan fingerprint density at radius 1 is 1.39 bits per heavy atom. The normalized spacial score (nSPS) is 18.9. The third-order valence-corrected chi connectivity index (χ3v) is 2.97. The first-order valence-corrected chi connectivity index (χ1v) is 6.18. The Morgan fingerprint density at radius 2 is 1.94 bits per heavy atom. The highest BCUT2D eigenvalue weighted by Crippen LogP contribution is 2.16. The van der Waals surface area contributed by atoms with E-state index < -0.39 is 11.5 Å². The summed E-state index contributed by atoms with van der Waals surface area (Å²) >= 11 is 0. The third kappa shape index (κ3) is 3.53. The van der Waals surface area contributed by atoms with Gasteiger partial charge in [-0.3, -0.25) is 19.3 Å².